The first-order valence-corrected chi connectivity index (χ1v) is 12.7. The molecule has 0 aliphatic carbocycles. The summed E-state index contributed by atoms with van der Waals surface area (Å²) in [5.41, 5.74) is -0.171. The molecular formula is C28H22F2N4O4S. The number of nitrogens with zero attached hydrogens (tertiary/aromatic N) is 4. The largest absolute Gasteiger partial charge is 0.337 e. The number of aromatic nitrogens is 2. The van der Waals surface area contributed by atoms with Crippen LogP contribution in [-0.2, 0) is 13.1 Å². The SMILES string of the molecule is CN(C)Cc1c(-c2ccc([N+](=O)[O-])cc2)sc2c1c(=O)n(-c1ccccc1)c(=O)n2Cc1c(F)cccc1F. The lowest BCUT2D eigenvalue weighted by atomic mass is 10.1. The van der Waals surface area contributed by atoms with Crippen LogP contribution in [0.25, 0.3) is 26.3 Å². The number of halogens is 2. The third-order valence-electron chi connectivity index (χ3n) is 6.28. The van der Waals surface area contributed by atoms with Crippen LogP contribution in [0.15, 0.2) is 82.4 Å². The van der Waals surface area contributed by atoms with Crippen LogP contribution >= 0.6 is 11.3 Å². The Morgan fingerprint density at radius 2 is 1.54 bits per heavy atom. The van der Waals surface area contributed by atoms with E-state index in [4.69, 9.17) is 0 Å². The van der Waals surface area contributed by atoms with E-state index in [1.165, 1.54) is 22.8 Å². The van der Waals surface area contributed by atoms with E-state index < -0.39 is 34.4 Å². The van der Waals surface area contributed by atoms with Crippen LogP contribution < -0.4 is 11.2 Å². The fourth-order valence-corrected chi connectivity index (χ4v) is 5.79. The van der Waals surface area contributed by atoms with Crippen LogP contribution in [0.5, 0.6) is 0 Å². The van der Waals surface area contributed by atoms with Crippen LogP contribution in [0.2, 0.25) is 0 Å². The van der Waals surface area contributed by atoms with E-state index in [1.807, 2.05) is 19.0 Å². The summed E-state index contributed by atoms with van der Waals surface area (Å²) in [6, 6.07) is 17.7. The van der Waals surface area contributed by atoms with Gasteiger partial charge in [-0.1, -0.05) is 24.3 Å². The highest BCUT2D eigenvalue weighted by Crippen LogP contribution is 2.38. The molecule has 11 heteroatoms. The van der Waals surface area contributed by atoms with Crippen molar-refractivity contribution in [3.63, 3.8) is 0 Å². The lowest BCUT2D eigenvalue weighted by Gasteiger charge is -2.15. The molecule has 0 amide bonds. The predicted octanol–water partition coefficient (Wildman–Crippen LogP) is 5.18. The molecule has 2 heterocycles. The van der Waals surface area contributed by atoms with Crippen molar-refractivity contribution in [1.82, 2.24) is 14.0 Å². The van der Waals surface area contributed by atoms with Gasteiger partial charge in [-0.05, 0) is 61.6 Å². The molecule has 0 bridgehead atoms. The fraction of sp³-hybridized carbons (Fsp3) is 0.143. The lowest BCUT2D eigenvalue weighted by molar-refractivity contribution is -0.384. The number of thiophene rings is 1. The summed E-state index contributed by atoms with van der Waals surface area (Å²) in [5.74, 6) is -1.62. The molecule has 5 rings (SSSR count). The van der Waals surface area contributed by atoms with Crippen molar-refractivity contribution < 1.29 is 13.7 Å². The Morgan fingerprint density at radius 3 is 2.13 bits per heavy atom. The number of hydrogen-bond acceptors (Lipinski definition) is 6. The van der Waals surface area contributed by atoms with Crippen LogP contribution in [-0.4, -0.2) is 33.1 Å². The molecule has 0 radical (unpaired) electrons. The zero-order chi connectivity index (χ0) is 27.8. The van der Waals surface area contributed by atoms with E-state index in [1.54, 1.807) is 42.5 Å². The normalized spacial score (nSPS) is 11.4. The second-order valence-electron chi connectivity index (χ2n) is 9.18. The first kappa shape index (κ1) is 26.1. The molecule has 0 saturated heterocycles. The third-order valence-corrected chi connectivity index (χ3v) is 7.58. The van der Waals surface area contributed by atoms with Crippen molar-refractivity contribution in [2.45, 2.75) is 13.1 Å². The zero-order valence-electron chi connectivity index (χ0n) is 20.9. The van der Waals surface area contributed by atoms with Gasteiger partial charge in [-0.3, -0.25) is 19.5 Å². The summed E-state index contributed by atoms with van der Waals surface area (Å²) in [6.07, 6.45) is 0. The molecule has 0 atom stereocenters. The Hall–Kier alpha value is -4.48. The number of benzene rings is 3. The minimum atomic E-state index is -0.812. The van der Waals surface area contributed by atoms with Gasteiger partial charge in [0.05, 0.1) is 22.5 Å². The predicted molar refractivity (Wildman–Crippen MR) is 147 cm³/mol. The highest BCUT2D eigenvalue weighted by molar-refractivity contribution is 7.22. The van der Waals surface area contributed by atoms with Crippen molar-refractivity contribution in [3.05, 3.63) is 127 Å². The van der Waals surface area contributed by atoms with E-state index in [-0.39, 0.29) is 21.5 Å². The zero-order valence-corrected chi connectivity index (χ0v) is 21.7. The molecule has 0 fully saturated rings. The van der Waals surface area contributed by atoms with E-state index in [9.17, 15) is 28.5 Å². The molecule has 0 aliphatic heterocycles. The smallest absolute Gasteiger partial charge is 0.305 e. The highest BCUT2D eigenvalue weighted by Gasteiger charge is 2.25. The molecule has 198 valence electrons. The number of nitro groups is 1. The summed E-state index contributed by atoms with van der Waals surface area (Å²) < 4.78 is 31.6. The maximum Gasteiger partial charge on any atom is 0.337 e. The number of hydrogen-bond donors (Lipinski definition) is 0. The topological polar surface area (TPSA) is 90.4 Å². The van der Waals surface area contributed by atoms with E-state index in [0.717, 1.165) is 28.0 Å². The summed E-state index contributed by atoms with van der Waals surface area (Å²) in [5, 5.41) is 11.4. The van der Waals surface area contributed by atoms with Gasteiger partial charge in [0.2, 0.25) is 0 Å². The van der Waals surface area contributed by atoms with Crippen LogP contribution in [0, 0.1) is 21.7 Å². The highest BCUT2D eigenvalue weighted by atomic mass is 32.1. The van der Waals surface area contributed by atoms with Gasteiger partial charge >= 0.3 is 5.69 Å². The molecule has 2 aromatic heterocycles. The lowest BCUT2D eigenvalue weighted by Crippen LogP contribution is -2.39. The van der Waals surface area contributed by atoms with Gasteiger partial charge in [0.25, 0.3) is 11.2 Å². The Balaban J connectivity index is 1.88. The second-order valence-corrected chi connectivity index (χ2v) is 10.2. The van der Waals surface area contributed by atoms with Crippen molar-refractivity contribution >= 4 is 27.2 Å². The molecular weight excluding hydrogens is 526 g/mol. The van der Waals surface area contributed by atoms with Crippen LogP contribution in [0.3, 0.4) is 0 Å². The minimum absolute atomic E-state index is 0.0904. The van der Waals surface area contributed by atoms with Gasteiger partial charge in [-0.2, -0.15) is 0 Å². The fourth-order valence-electron chi connectivity index (χ4n) is 4.49. The van der Waals surface area contributed by atoms with Gasteiger partial charge in [0.1, 0.15) is 16.5 Å². The first-order valence-electron chi connectivity index (χ1n) is 11.9. The van der Waals surface area contributed by atoms with Crippen LogP contribution in [0.4, 0.5) is 14.5 Å². The number of rotatable bonds is 7. The molecule has 5 aromatic rings. The van der Waals surface area contributed by atoms with Gasteiger partial charge in [0.15, 0.2) is 0 Å². The molecule has 8 nitrogen and oxygen atoms in total. The Morgan fingerprint density at radius 1 is 0.897 bits per heavy atom. The van der Waals surface area contributed by atoms with Gasteiger partial charge in [-0.25, -0.2) is 18.1 Å². The summed E-state index contributed by atoms with van der Waals surface area (Å²) in [4.78, 5) is 41.2. The number of para-hydroxylation sites is 1. The third kappa shape index (κ3) is 4.77. The van der Waals surface area contributed by atoms with Gasteiger partial charge in [0, 0.05) is 29.1 Å². The molecule has 0 N–H and O–H groups in total. The number of nitro benzene ring substituents is 1. The van der Waals surface area contributed by atoms with E-state index in [2.05, 4.69) is 0 Å². The Bertz CT molecular complexity index is 1810. The standard InChI is InChI=1S/C28H22F2N4O4S/c1-31(2)15-21-24-26(35)33(18-7-4-3-5-8-18)28(36)32(16-20-22(29)9-6-10-23(20)30)27(24)39-25(21)17-11-13-19(14-12-17)34(37)38/h3-14H,15-16H2,1-2H3. The first-order chi connectivity index (χ1) is 18.7. The summed E-state index contributed by atoms with van der Waals surface area (Å²) >= 11 is 1.13. The summed E-state index contributed by atoms with van der Waals surface area (Å²) in [7, 11) is 3.65. The average molecular weight is 549 g/mol. The van der Waals surface area contributed by atoms with Crippen molar-refractivity contribution in [1.29, 1.82) is 0 Å². The van der Waals surface area contributed by atoms with Crippen molar-refractivity contribution in [3.8, 4) is 16.1 Å². The van der Waals surface area contributed by atoms with E-state index >= 15 is 0 Å². The number of non-ortho nitro benzene ring substituents is 1. The minimum Gasteiger partial charge on any atom is -0.305 e. The maximum atomic E-state index is 14.7. The Labute approximate surface area is 224 Å². The van der Waals surface area contributed by atoms with Gasteiger partial charge in [-0.15, -0.1) is 11.3 Å². The monoisotopic (exact) mass is 548 g/mol. The summed E-state index contributed by atoms with van der Waals surface area (Å²) in [6.45, 7) is -0.134. The van der Waals surface area contributed by atoms with Crippen molar-refractivity contribution in [2.75, 3.05) is 14.1 Å². The Kier molecular flexibility index (Phi) is 6.94. The second kappa shape index (κ2) is 10.4. The molecule has 0 spiro atoms. The quantitative estimate of drug-likeness (QED) is 0.207. The van der Waals surface area contributed by atoms with Crippen LogP contribution in [0.1, 0.15) is 11.1 Å². The molecule has 0 aliphatic rings. The average Bonchev–Trinajstić information content (AvgIpc) is 3.27. The van der Waals surface area contributed by atoms with Gasteiger partial charge < -0.3 is 4.90 Å². The maximum absolute atomic E-state index is 14.7. The van der Waals surface area contributed by atoms with E-state index in [0.29, 0.717) is 28.2 Å². The molecule has 0 saturated carbocycles. The number of fused-ring (bicyclic) bond motifs is 1. The molecule has 0 unspecified atom stereocenters. The molecule has 3 aromatic carbocycles. The molecule has 39 heavy (non-hydrogen) atoms. The van der Waals surface area contributed by atoms with Crippen molar-refractivity contribution in [2.24, 2.45) is 0 Å².